The number of H-pyrrole nitrogens is 1. The second kappa shape index (κ2) is 5.67. The highest BCUT2D eigenvalue weighted by Crippen LogP contribution is 2.17. The Hall–Kier alpha value is -2.14. The first-order chi connectivity index (χ1) is 9.11. The first-order valence-corrected chi connectivity index (χ1v) is 6.02. The number of carbonyl (C=O) groups is 1. The SMILES string of the molecule is COCc1ccc(C(=O)Nc2c(C)n[nH]c2C)cc1. The Morgan fingerprint density at radius 1 is 1.32 bits per heavy atom. The predicted octanol–water partition coefficient (Wildman–Crippen LogP) is 2.43. The Morgan fingerprint density at radius 2 is 2.00 bits per heavy atom. The highest BCUT2D eigenvalue weighted by Gasteiger charge is 2.11. The van der Waals surface area contributed by atoms with E-state index in [-0.39, 0.29) is 5.91 Å². The molecule has 0 aliphatic rings. The first-order valence-electron chi connectivity index (χ1n) is 6.02. The number of hydrogen-bond donors (Lipinski definition) is 2. The number of aromatic amines is 1. The molecule has 2 rings (SSSR count). The summed E-state index contributed by atoms with van der Waals surface area (Å²) in [6.07, 6.45) is 0. The number of methoxy groups -OCH3 is 1. The molecule has 0 fully saturated rings. The van der Waals surface area contributed by atoms with Crippen molar-refractivity contribution in [1.82, 2.24) is 10.2 Å². The third kappa shape index (κ3) is 3.00. The van der Waals surface area contributed by atoms with Crippen LogP contribution in [0.25, 0.3) is 0 Å². The Bertz CT molecular complexity index is 553. The van der Waals surface area contributed by atoms with Crippen molar-refractivity contribution in [2.75, 3.05) is 12.4 Å². The molecular formula is C14H17N3O2. The smallest absolute Gasteiger partial charge is 0.255 e. The van der Waals surface area contributed by atoms with Gasteiger partial charge in [0.15, 0.2) is 0 Å². The van der Waals surface area contributed by atoms with Crippen LogP contribution in [0, 0.1) is 13.8 Å². The maximum Gasteiger partial charge on any atom is 0.255 e. The zero-order chi connectivity index (χ0) is 13.8. The maximum absolute atomic E-state index is 12.1. The van der Waals surface area contributed by atoms with Gasteiger partial charge >= 0.3 is 0 Å². The van der Waals surface area contributed by atoms with Crippen LogP contribution in [-0.2, 0) is 11.3 Å². The number of anilines is 1. The number of benzene rings is 1. The summed E-state index contributed by atoms with van der Waals surface area (Å²) in [6, 6.07) is 7.34. The molecule has 1 aromatic carbocycles. The van der Waals surface area contributed by atoms with Gasteiger partial charge in [-0.1, -0.05) is 12.1 Å². The van der Waals surface area contributed by atoms with Gasteiger partial charge in [-0.05, 0) is 31.5 Å². The normalized spacial score (nSPS) is 10.5. The van der Waals surface area contributed by atoms with E-state index in [4.69, 9.17) is 4.74 Å². The number of ether oxygens (including phenoxy) is 1. The zero-order valence-electron chi connectivity index (χ0n) is 11.3. The molecule has 0 radical (unpaired) electrons. The summed E-state index contributed by atoms with van der Waals surface area (Å²) in [5.74, 6) is -0.142. The van der Waals surface area contributed by atoms with Crippen LogP contribution in [-0.4, -0.2) is 23.2 Å². The number of aromatic nitrogens is 2. The van der Waals surface area contributed by atoms with E-state index in [0.717, 1.165) is 22.6 Å². The van der Waals surface area contributed by atoms with Crippen LogP contribution in [0.3, 0.4) is 0 Å². The summed E-state index contributed by atoms with van der Waals surface area (Å²) >= 11 is 0. The lowest BCUT2D eigenvalue weighted by molar-refractivity contribution is 0.102. The fourth-order valence-electron chi connectivity index (χ4n) is 1.84. The molecule has 0 bridgehead atoms. The topological polar surface area (TPSA) is 67.0 Å². The Balaban J connectivity index is 2.12. The van der Waals surface area contributed by atoms with Crippen LogP contribution >= 0.6 is 0 Å². The summed E-state index contributed by atoms with van der Waals surface area (Å²) in [6.45, 7) is 4.26. The first kappa shape index (κ1) is 13.3. The van der Waals surface area contributed by atoms with Crippen molar-refractivity contribution in [3.63, 3.8) is 0 Å². The molecule has 0 unspecified atom stereocenters. The average molecular weight is 259 g/mol. The number of carbonyl (C=O) groups excluding carboxylic acids is 1. The van der Waals surface area contributed by atoms with E-state index >= 15 is 0 Å². The van der Waals surface area contributed by atoms with E-state index in [2.05, 4.69) is 15.5 Å². The Kier molecular flexibility index (Phi) is 3.97. The molecule has 100 valence electrons. The summed E-state index contributed by atoms with van der Waals surface area (Å²) in [5.41, 5.74) is 4.02. The van der Waals surface area contributed by atoms with Gasteiger partial charge in [0, 0.05) is 12.7 Å². The summed E-state index contributed by atoms with van der Waals surface area (Å²) in [7, 11) is 1.64. The number of amides is 1. The molecule has 0 spiro atoms. The quantitative estimate of drug-likeness (QED) is 0.886. The summed E-state index contributed by atoms with van der Waals surface area (Å²) in [4.78, 5) is 12.1. The molecule has 0 aliphatic carbocycles. The summed E-state index contributed by atoms with van der Waals surface area (Å²) in [5, 5.41) is 9.75. The number of nitrogens with zero attached hydrogens (tertiary/aromatic N) is 1. The van der Waals surface area contributed by atoms with Crippen molar-refractivity contribution in [1.29, 1.82) is 0 Å². The van der Waals surface area contributed by atoms with Crippen LogP contribution in [0.2, 0.25) is 0 Å². The molecule has 19 heavy (non-hydrogen) atoms. The second-order valence-electron chi connectivity index (χ2n) is 4.39. The number of hydrogen-bond acceptors (Lipinski definition) is 3. The molecule has 1 heterocycles. The lowest BCUT2D eigenvalue weighted by atomic mass is 10.1. The minimum atomic E-state index is -0.142. The zero-order valence-corrected chi connectivity index (χ0v) is 11.3. The lowest BCUT2D eigenvalue weighted by Crippen LogP contribution is -2.13. The minimum Gasteiger partial charge on any atom is -0.380 e. The highest BCUT2D eigenvalue weighted by atomic mass is 16.5. The fraction of sp³-hybridized carbons (Fsp3) is 0.286. The molecule has 0 saturated heterocycles. The van der Waals surface area contributed by atoms with Crippen molar-refractivity contribution < 1.29 is 9.53 Å². The molecule has 2 N–H and O–H groups in total. The highest BCUT2D eigenvalue weighted by molar-refractivity contribution is 6.04. The van der Waals surface area contributed by atoms with E-state index in [1.54, 1.807) is 19.2 Å². The lowest BCUT2D eigenvalue weighted by Gasteiger charge is -2.06. The standard InChI is InChI=1S/C14H17N3O2/c1-9-13(10(2)17-16-9)15-14(18)12-6-4-11(5-7-12)8-19-3/h4-7H,8H2,1-3H3,(H,15,18)(H,16,17). The molecule has 5 nitrogen and oxygen atoms in total. The van der Waals surface area contributed by atoms with E-state index in [0.29, 0.717) is 12.2 Å². The largest absolute Gasteiger partial charge is 0.380 e. The van der Waals surface area contributed by atoms with Crippen molar-refractivity contribution in [2.45, 2.75) is 20.5 Å². The Morgan fingerprint density at radius 3 is 2.53 bits per heavy atom. The van der Waals surface area contributed by atoms with E-state index in [1.807, 2.05) is 26.0 Å². The van der Waals surface area contributed by atoms with Crippen LogP contribution in [0.5, 0.6) is 0 Å². The van der Waals surface area contributed by atoms with Gasteiger partial charge in [-0.25, -0.2) is 0 Å². The molecule has 2 aromatic rings. The molecule has 5 heteroatoms. The van der Waals surface area contributed by atoms with Crippen LogP contribution in [0.1, 0.15) is 27.3 Å². The molecular weight excluding hydrogens is 242 g/mol. The number of aryl methyl sites for hydroxylation is 2. The third-order valence-electron chi connectivity index (χ3n) is 2.89. The van der Waals surface area contributed by atoms with Crippen LogP contribution in [0.15, 0.2) is 24.3 Å². The van der Waals surface area contributed by atoms with Crippen molar-refractivity contribution in [2.24, 2.45) is 0 Å². The van der Waals surface area contributed by atoms with E-state index in [1.165, 1.54) is 0 Å². The molecule has 0 atom stereocenters. The molecule has 0 aliphatic heterocycles. The van der Waals surface area contributed by atoms with Gasteiger partial charge in [-0.15, -0.1) is 0 Å². The monoisotopic (exact) mass is 259 g/mol. The van der Waals surface area contributed by atoms with Crippen molar-refractivity contribution >= 4 is 11.6 Å². The van der Waals surface area contributed by atoms with Gasteiger partial charge in [0.25, 0.3) is 5.91 Å². The van der Waals surface area contributed by atoms with Gasteiger partial charge in [-0.2, -0.15) is 5.10 Å². The second-order valence-corrected chi connectivity index (χ2v) is 4.39. The molecule has 0 saturated carbocycles. The summed E-state index contributed by atoms with van der Waals surface area (Å²) < 4.78 is 5.03. The fourth-order valence-corrected chi connectivity index (χ4v) is 1.84. The van der Waals surface area contributed by atoms with Crippen LogP contribution < -0.4 is 5.32 Å². The minimum absolute atomic E-state index is 0.142. The van der Waals surface area contributed by atoms with Gasteiger partial charge in [0.1, 0.15) is 0 Å². The van der Waals surface area contributed by atoms with Gasteiger partial charge < -0.3 is 10.1 Å². The third-order valence-corrected chi connectivity index (χ3v) is 2.89. The molecule has 1 amide bonds. The average Bonchev–Trinajstić information content (AvgIpc) is 2.72. The van der Waals surface area contributed by atoms with Gasteiger partial charge in [-0.3, -0.25) is 9.89 Å². The Labute approximate surface area is 112 Å². The number of nitrogens with one attached hydrogen (secondary N) is 2. The van der Waals surface area contributed by atoms with E-state index < -0.39 is 0 Å². The molecule has 1 aromatic heterocycles. The van der Waals surface area contributed by atoms with E-state index in [9.17, 15) is 4.79 Å². The predicted molar refractivity (Wildman–Crippen MR) is 73.2 cm³/mol. The van der Waals surface area contributed by atoms with Crippen molar-refractivity contribution in [3.05, 3.63) is 46.8 Å². The van der Waals surface area contributed by atoms with Crippen LogP contribution in [0.4, 0.5) is 5.69 Å². The van der Waals surface area contributed by atoms with Gasteiger partial charge in [0.05, 0.1) is 23.7 Å². The van der Waals surface area contributed by atoms with Gasteiger partial charge in [0.2, 0.25) is 0 Å². The van der Waals surface area contributed by atoms with Crippen molar-refractivity contribution in [3.8, 4) is 0 Å². The number of rotatable bonds is 4. The maximum atomic E-state index is 12.1.